The maximum absolute atomic E-state index is 12.9. The second-order valence-electron chi connectivity index (χ2n) is 2.67. The van der Waals surface area contributed by atoms with Crippen molar-refractivity contribution in [2.45, 2.75) is 10.8 Å². The Morgan fingerprint density at radius 1 is 1.46 bits per heavy atom. The molecule has 2 rings (SSSR count). The average Bonchev–Trinajstić information content (AvgIpc) is 2.45. The zero-order valence-electron chi connectivity index (χ0n) is 6.55. The van der Waals surface area contributed by atoms with Gasteiger partial charge in [0.05, 0.1) is 0 Å². The maximum atomic E-state index is 12.9. The fourth-order valence-corrected chi connectivity index (χ4v) is 2.97. The minimum atomic E-state index is -0.180. The minimum Gasteiger partial charge on any atom is -0.195 e. The van der Waals surface area contributed by atoms with Crippen molar-refractivity contribution in [3.8, 4) is 0 Å². The van der Waals surface area contributed by atoms with E-state index in [9.17, 15) is 4.39 Å². The van der Waals surface area contributed by atoms with Crippen LogP contribution < -0.4 is 0 Å². The van der Waals surface area contributed by atoms with E-state index in [2.05, 4.69) is 12.6 Å². The lowest BCUT2D eigenvalue weighted by Gasteiger charge is -2.01. The van der Waals surface area contributed by atoms with Gasteiger partial charge < -0.3 is 0 Å². The topological polar surface area (TPSA) is 0 Å². The Bertz CT molecular complexity index is 450. The molecule has 1 aromatic carbocycles. The van der Waals surface area contributed by atoms with Crippen molar-refractivity contribution >= 4 is 45.7 Å². The summed E-state index contributed by atoms with van der Waals surface area (Å²) in [5, 5.41) is 0.719. The van der Waals surface area contributed by atoms with Crippen molar-refractivity contribution in [3.63, 3.8) is 0 Å². The van der Waals surface area contributed by atoms with Crippen molar-refractivity contribution in [3.05, 3.63) is 28.9 Å². The van der Waals surface area contributed by atoms with E-state index in [1.807, 2.05) is 12.1 Å². The third-order valence-corrected chi connectivity index (χ3v) is 3.55. The molecule has 0 fully saturated rings. The summed E-state index contributed by atoms with van der Waals surface area (Å²) in [6.45, 7) is 0. The Labute approximate surface area is 89.7 Å². The van der Waals surface area contributed by atoms with Crippen LogP contribution in [-0.2, 0) is 5.88 Å². The van der Waals surface area contributed by atoms with Gasteiger partial charge in [-0.25, -0.2) is 0 Å². The Morgan fingerprint density at radius 2 is 2.23 bits per heavy atom. The minimum absolute atomic E-state index is 0.180. The van der Waals surface area contributed by atoms with E-state index in [1.165, 1.54) is 6.07 Å². The average molecular weight is 233 g/mol. The summed E-state index contributed by atoms with van der Waals surface area (Å²) < 4.78 is 13.8. The third-order valence-electron chi connectivity index (χ3n) is 1.87. The van der Waals surface area contributed by atoms with Crippen molar-refractivity contribution in [1.82, 2.24) is 0 Å². The Morgan fingerprint density at radius 3 is 2.92 bits per heavy atom. The third kappa shape index (κ3) is 1.56. The fourth-order valence-electron chi connectivity index (χ4n) is 1.25. The summed E-state index contributed by atoms with van der Waals surface area (Å²) in [7, 11) is 0. The van der Waals surface area contributed by atoms with Crippen LogP contribution in [0.15, 0.2) is 23.1 Å². The van der Waals surface area contributed by atoms with Crippen LogP contribution in [0.2, 0.25) is 0 Å². The summed E-state index contributed by atoms with van der Waals surface area (Å²) in [5.41, 5.74) is 0.913. The molecule has 0 bridgehead atoms. The zero-order valence-corrected chi connectivity index (χ0v) is 9.02. The molecule has 0 nitrogen and oxygen atoms in total. The van der Waals surface area contributed by atoms with Crippen LogP contribution in [0.1, 0.15) is 5.56 Å². The number of rotatable bonds is 1. The zero-order chi connectivity index (χ0) is 9.42. The van der Waals surface area contributed by atoms with Crippen LogP contribution in [0.3, 0.4) is 0 Å². The van der Waals surface area contributed by atoms with Gasteiger partial charge in [0.25, 0.3) is 0 Å². The smallest absolute Gasteiger partial charge is 0.177 e. The summed E-state index contributed by atoms with van der Waals surface area (Å²) in [6, 6.07) is 5.21. The summed E-state index contributed by atoms with van der Waals surface area (Å²) in [5.74, 6) is 0.371. The molecule has 4 heteroatoms. The first-order chi connectivity index (χ1) is 6.22. The van der Waals surface area contributed by atoms with Gasteiger partial charge in [0.15, 0.2) is 5.13 Å². The number of thiophene rings is 1. The van der Waals surface area contributed by atoms with Gasteiger partial charge in [0, 0.05) is 15.5 Å². The van der Waals surface area contributed by atoms with E-state index in [-0.39, 0.29) is 5.13 Å². The van der Waals surface area contributed by atoms with Gasteiger partial charge in [-0.2, -0.15) is 4.39 Å². The van der Waals surface area contributed by atoms with E-state index < -0.39 is 0 Å². The number of hydrogen-bond donors (Lipinski definition) is 1. The number of benzene rings is 1. The second-order valence-corrected chi connectivity index (χ2v) is 4.42. The number of alkyl halides is 1. The highest BCUT2D eigenvalue weighted by Crippen LogP contribution is 2.32. The highest BCUT2D eigenvalue weighted by molar-refractivity contribution is 7.80. The molecule has 0 N–H and O–H groups in total. The SMILES string of the molecule is Fc1cc2ccc(S)c(CCl)c2s1. The highest BCUT2D eigenvalue weighted by atomic mass is 35.5. The van der Waals surface area contributed by atoms with Gasteiger partial charge in [-0.1, -0.05) is 6.07 Å². The molecule has 2 aromatic rings. The predicted molar refractivity (Wildman–Crippen MR) is 58.6 cm³/mol. The molecule has 13 heavy (non-hydrogen) atoms. The van der Waals surface area contributed by atoms with E-state index in [0.717, 1.165) is 31.9 Å². The van der Waals surface area contributed by atoms with Crippen LogP contribution in [0.5, 0.6) is 0 Å². The van der Waals surface area contributed by atoms with Crippen LogP contribution in [0.25, 0.3) is 10.1 Å². The first-order valence-electron chi connectivity index (χ1n) is 3.68. The molecular weight excluding hydrogens is 227 g/mol. The molecule has 0 atom stereocenters. The van der Waals surface area contributed by atoms with Gasteiger partial charge >= 0.3 is 0 Å². The largest absolute Gasteiger partial charge is 0.195 e. The summed E-state index contributed by atoms with van der Waals surface area (Å²) in [4.78, 5) is 0.823. The molecule has 0 spiro atoms. The Hall–Kier alpha value is -0.250. The maximum Gasteiger partial charge on any atom is 0.177 e. The van der Waals surface area contributed by atoms with Crippen molar-refractivity contribution < 1.29 is 4.39 Å². The molecule has 0 aliphatic carbocycles. The predicted octanol–water partition coefficient (Wildman–Crippen LogP) is 4.07. The highest BCUT2D eigenvalue weighted by Gasteiger charge is 2.08. The standard InChI is InChI=1S/C9H6ClFS2/c10-4-6-7(12)2-1-5-3-8(11)13-9(5)6/h1-3,12H,4H2. The number of hydrogen-bond acceptors (Lipinski definition) is 2. The molecular formula is C9H6ClFS2. The quantitative estimate of drug-likeness (QED) is 0.556. The van der Waals surface area contributed by atoms with Crippen LogP contribution in [0.4, 0.5) is 4.39 Å². The van der Waals surface area contributed by atoms with Crippen LogP contribution in [-0.4, -0.2) is 0 Å². The lowest BCUT2D eigenvalue weighted by Crippen LogP contribution is -1.80. The molecule has 0 radical (unpaired) electrons. The first-order valence-corrected chi connectivity index (χ1v) is 5.48. The first kappa shape index (κ1) is 9.31. The number of thiol groups is 1. The second kappa shape index (κ2) is 3.48. The molecule has 0 saturated heterocycles. The van der Waals surface area contributed by atoms with Gasteiger partial charge in [-0.05, 0) is 23.1 Å². The van der Waals surface area contributed by atoms with Gasteiger partial charge in [0.2, 0.25) is 0 Å². The van der Waals surface area contributed by atoms with Gasteiger partial charge in [-0.3, -0.25) is 0 Å². The van der Waals surface area contributed by atoms with Crippen molar-refractivity contribution in [1.29, 1.82) is 0 Å². The van der Waals surface area contributed by atoms with E-state index in [0.29, 0.717) is 5.88 Å². The number of halogens is 2. The molecule has 68 valence electrons. The van der Waals surface area contributed by atoms with Gasteiger partial charge in [0.1, 0.15) is 0 Å². The molecule has 0 aliphatic rings. The summed E-state index contributed by atoms with van der Waals surface area (Å²) in [6.07, 6.45) is 0. The van der Waals surface area contributed by atoms with Crippen LogP contribution in [0, 0.1) is 5.13 Å². The summed E-state index contributed by atoms with van der Waals surface area (Å²) >= 11 is 11.1. The molecule has 0 unspecified atom stereocenters. The van der Waals surface area contributed by atoms with E-state index in [1.54, 1.807) is 0 Å². The van der Waals surface area contributed by atoms with Crippen LogP contribution >= 0.6 is 35.6 Å². The Kier molecular flexibility index (Phi) is 2.49. The van der Waals surface area contributed by atoms with Crippen molar-refractivity contribution in [2.75, 3.05) is 0 Å². The molecule has 0 amide bonds. The fraction of sp³-hybridized carbons (Fsp3) is 0.111. The lowest BCUT2D eigenvalue weighted by atomic mass is 10.2. The monoisotopic (exact) mass is 232 g/mol. The molecule has 1 aromatic heterocycles. The normalized spacial score (nSPS) is 11.0. The number of fused-ring (bicyclic) bond motifs is 1. The Balaban J connectivity index is 2.82. The van der Waals surface area contributed by atoms with E-state index in [4.69, 9.17) is 11.6 Å². The van der Waals surface area contributed by atoms with Gasteiger partial charge in [-0.15, -0.1) is 35.6 Å². The van der Waals surface area contributed by atoms with E-state index >= 15 is 0 Å². The lowest BCUT2D eigenvalue weighted by molar-refractivity contribution is 0.658. The molecule has 1 heterocycles. The molecule has 0 saturated carbocycles. The molecule has 0 aliphatic heterocycles. The van der Waals surface area contributed by atoms with Crippen molar-refractivity contribution in [2.24, 2.45) is 0 Å².